The summed E-state index contributed by atoms with van der Waals surface area (Å²) in [5, 5.41) is 2.39. The maximum absolute atomic E-state index is 11.8. The molecule has 0 aliphatic heterocycles. The summed E-state index contributed by atoms with van der Waals surface area (Å²) in [6.45, 7) is 0. The van der Waals surface area contributed by atoms with Crippen LogP contribution in [0.2, 0.25) is 0 Å². The van der Waals surface area contributed by atoms with Crippen molar-refractivity contribution in [3.8, 4) is 5.69 Å². The number of nitrogen functional groups attached to an aromatic ring is 1. The fraction of sp³-hybridized carbons (Fsp3) is 0.0909. The van der Waals surface area contributed by atoms with Gasteiger partial charge in [0.1, 0.15) is 10.6 Å². The molecule has 10 heteroatoms. The van der Waals surface area contributed by atoms with E-state index in [-0.39, 0.29) is 17.1 Å². The van der Waals surface area contributed by atoms with Gasteiger partial charge >= 0.3 is 5.97 Å². The van der Waals surface area contributed by atoms with E-state index in [9.17, 15) is 22.6 Å². The lowest BCUT2D eigenvalue weighted by molar-refractivity contribution is 0.0593. The van der Waals surface area contributed by atoms with Crippen molar-refractivity contribution in [1.29, 1.82) is 0 Å². The van der Waals surface area contributed by atoms with Crippen LogP contribution in [0.25, 0.3) is 5.69 Å². The van der Waals surface area contributed by atoms with E-state index in [0.29, 0.717) is 0 Å². The zero-order valence-electron chi connectivity index (χ0n) is 10.7. The number of nitrogens with two attached hydrogens (primary N) is 1. The second-order valence-electron chi connectivity index (χ2n) is 4.04. The molecule has 112 valence electrons. The Hall–Kier alpha value is -2.59. The van der Waals surface area contributed by atoms with Crippen LogP contribution in [-0.2, 0) is 14.9 Å². The van der Waals surface area contributed by atoms with Gasteiger partial charge in [0.25, 0.3) is 15.7 Å². The highest BCUT2D eigenvalue weighted by atomic mass is 32.2. The van der Waals surface area contributed by atoms with Crippen LogP contribution < -0.4 is 11.3 Å². The van der Waals surface area contributed by atoms with Crippen molar-refractivity contribution < 1.29 is 22.5 Å². The predicted molar refractivity (Wildman–Crippen MR) is 72.0 cm³/mol. The van der Waals surface area contributed by atoms with Crippen LogP contribution in [0.3, 0.4) is 0 Å². The molecule has 0 aliphatic carbocycles. The quantitative estimate of drug-likeness (QED) is 0.403. The number of benzene rings is 1. The molecule has 0 saturated carbocycles. The Morgan fingerprint density at radius 1 is 1.38 bits per heavy atom. The van der Waals surface area contributed by atoms with Crippen molar-refractivity contribution in [3.63, 3.8) is 0 Å². The minimum absolute atomic E-state index is 0.0826. The maximum atomic E-state index is 11.8. The second-order valence-corrected chi connectivity index (χ2v) is 5.43. The van der Waals surface area contributed by atoms with E-state index < -0.39 is 26.5 Å². The number of methoxy groups -OCH3 is 1. The Bertz CT molecular complexity index is 864. The van der Waals surface area contributed by atoms with Crippen molar-refractivity contribution in [2.24, 2.45) is 0 Å². The highest BCUT2D eigenvalue weighted by Gasteiger charge is 2.20. The maximum Gasteiger partial charge on any atom is 0.356 e. The number of hydrogen-bond donors (Lipinski definition) is 3. The summed E-state index contributed by atoms with van der Waals surface area (Å²) in [6, 6.07) is 4.50. The van der Waals surface area contributed by atoms with Crippen molar-refractivity contribution in [1.82, 2.24) is 9.78 Å². The first kappa shape index (κ1) is 14.8. The highest BCUT2D eigenvalue weighted by molar-refractivity contribution is 7.86. The van der Waals surface area contributed by atoms with Crippen LogP contribution in [0.1, 0.15) is 10.5 Å². The highest BCUT2D eigenvalue weighted by Crippen LogP contribution is 2.21. The number of ether oxygens (including phenoxy) is 1. The first-order chi connectivity index (χ1) is 9.74. The van der Waals surface area contributed by atoms with Crippen molar-refractivity contribution >= 4 is 21.8 Å². The van der Waals surface area contributed by atoms with Gasteiger partial charge in [0, 0.05) is 11.8 Å². The first-order valence-corrected chi connectivity index (χ1v) is 6.96. The molecule has 1 heterocycles. The number of anilines is 1. The van der Waals surface area contributed by atoms with E-state index in [4.69, 9.17) is 5.73 Å². The number of H-pyrrole nitrogens is 1. The van der Waals surface area contributed by atoms with E-state index >= 15 is 0 Å². The molecule has 1 aromatic carbocycles. The average Bonchev–Trinajstić information content (AvgIpc) is 2.79. The van der Waals surface area contributed by atoms with Gasteiger partial charge in [-0.1, -0.05) is 0 Å². The molecule has 9 nitrogen and oxygen atoms in total. The number of nitrogens with one attached hydrogen (secondary N) is 1. The standard InChI is InChI=1S/C11H11N3O6S/c1-20-11(16)7-5-10(15)14(13-7)8-3-2-6(12)4-9(8)21(17,18)19/h2-5,13H,12H2,1H3,(H,17,18,19). The van der Waals surface area contributed by atoms with Crippen molar-refractivity contribution in [2.45, 2.75) is 4.90 Å². The predicted octanol–water partition coefficient (Wildman–Crippen LogP) is -0.219. The molecule has 0 saturated heterocycles. The van der Waals surface area contributed by atoms with E-state index in [1.54, 1.807) is 0 Å². The topological polar surface area (TPSA) is 144 Å². The van der Waals surface area contributed by atoms with Gasteiger partial charge in [-0.25, -0.2) is 9.48 Å². The number of carbonyl (C=O) groups is 1. The van der Waals surface area contributed by atoms with Gasteiger partial charge in [-0.3, -0.25) is 14.4 Å². The lowest BCUT2D eigenvalue weighted by atomic mass is 10.3. The fourth-order valence-corrected chi connectivity index (χ4v) is 2.42. The summed E-state index contributed by atoms with van der Waals surface area (Å²) in [5.74, 6) is -0.797. The Kier molecular flexibility index (Phi) is 3.58. The molecule has 0 radical (unpaired) electrons. The van der Waals surface area contributed by atoms with Crippen LogP contribution in [0.15, 0.2) is 34.0 Å². The van der Waals surface area contributed by atoms with Gasteiger partial charge in [0.05, 0.1) is 12.8 Å². The number of hydrogen-bond acceptors (Lipinski definition) is 6. The number of aromatic nitrogens is 2. The summed E-state index contributed by atoms with van der Waals surface area (Å²) in [6.07, 6.45) is 0. The van der Waals surface area contributed by atoms with Crippen LogP contribution >= 0.6 is 0 Å². The minimum Gasteiger partial charge on any atom is -0.464 e. The molecule has 0 aliphatic rings. The molecule has 0 amide bonds. The van der Waals surface area contributed by atoms with Crippen molar-refractivity contribution in [3.05, 3.63) is 40.3 Å². The molecule has 2 aromatic rings. The molecular weight excluding hydrogens is 302 g/mol. The van der Waals surface area contributed by atoms with Gasteiger partial charge in [-0.05, 0) is 18.2 Å². The van der Waals surface area contributed by atoms with Crippen molar-refractivity contribution in [2.75, 3.05) is 12.8 Å². The first-order valence-electron chi connectivity index (χ1n) is 5.52. The normalized spacial score (nSPS) is 11.3. The van der Waals surface area contributed by atoms with E-state index in [1.807, 2.05) is 0 Å². The average molecular weight is 313 g/mol. The molecule has 0 fully saturated rings. The number of esters is 1. The molecule has 0 unspecified atom stereocenters. The Balaban J connectivity index is 2.71. The summed E-state index contributed by atoms with van der Waals surface area (Å²) in [4.78, 5) is 22.6. The lowest BCUT2D eigenvalue weighted by Gasteiger charge is -2.08. The Morgan fingerprint density at radius 3 is 2.62 bits per heavy atom. The number of carbonyl (C=O) groups excluding carboxylic acids is 1. The molecule has 21 heavy (non-hydrogen) atoms. The molecule has 4 N–H and O–H groups in total. The van der Waals surface area contributed by atoms with Crippen LogP contribution in [-0.4, -0.2) is 35.8 Å². The summed E-state index contributed by atoms with van der Waals surface area (Å²) in [7, 11) is -3.48. The molecule has 2 rings (SSSR count). The molecule has 0 atom stereocenters. The zero-order chi connectivity index (χ0) is 15.8. The smallest absolute Gasteiger partial charge is 0.356 e. The Labute approximate surface area is 118 Å². The lowest BCUT2D eigenvalue weighted by Crippen LogP contribution is -2.17. The van der Waals surface area contributed by atoms with Gasteiger partial charge in [0.2, 0.25) is 0 Å². The number of aromatic amines is 1. The number of nitrogens with zero attached hydrogens (tertiary/aromatic N) is 1. The molecule has 0 spiro atoms. The molecule has 1 aromatic heterocycles. The van der Waals surface area contributed by atoms with E-state index in [0.717, 1.165) is 23.9 Å². The van der Waals surface area contributed by atoms with E-state index in [2.05, 4.69) is 9.84 Å². The summed E-state index contributed by atoms with van der Waals surface area (Å²) in [5.41, 5.74) is 4.51. The van der Waals surface area contributed by atoms with Gasteiger partial charge in [-0.2, -0.15) is 8.42 Å². The third kappa shape index (κ3) is 2.80. The SMILES string of the molecule is COC(=O)c1cc(=O)n(-c2ccc(N)cc2S(=O)(=O)O)[nH]1. The van der Waals surface area contributed by atoms with Gasteiger partial charge in [-0.15, -0.1) is 0 Å². The second kappa shape index (κ2) is 5.07. The summed E-state index contributed by atoms with van der Waals surface area (Å²) >= 11 is 0. The summed E-state index contributed by atoms with van der Waals surface area (Å²) < 4.78 is 37.2. The zero-order valence-corrected chi connectivity index (χ0v) is 11.5. The van der Waals surface area contributed by atoms with Crippen LogP contribution in [0.4, 0.5) is 5.69 Å². The monoisotopic (exact) mass is 313 g/mol. The third-order valence-corrected chi connectivity index (χ3v) is 3.51. The van der Waals surface area contributed by atoms with Gasteiger partial charge < -0.3 is 10.5 Å². The number of rotatable bonds is 3. The Morgan fingerprint density at radius 2 is 2.05 bits per heavy atom. The largest absolute Gasteiger partial charge is 0.464 e. The van der Waals surface area contributed by atoms with Crippen LogP contribution in [0, 0.1) is 0 Å². The van der Waals surface area contributed by atoms with Crippen LogP contribution in [0.5, 0.6) is 0 Å². The third-order valence-electron chi connectivity index (χ3n) is 2.63. The van der Waals surface area contributed by atoms with E-state index in [1.165, 1.54) is 12.1 Å². The fourth-order valence-electron chi connectivity index (χ4n) is 1.71. The molecular formula is C11H11N3O6S. The minimum atomic E-state index is -4.61. The molecule has 0 bridgehead atoms. The van der Waals surface area contributed by atoms with Gasteiger partial charge in [0.15, 0.2) is 0 Å².